The van der Waals surface area contributed by atoms with Crippen LogP contribution in [0.25, 0.3) is 0 Å². The minimum absolute atomic E-state index is 0.207. The predicted octanol–water partition coefficient (Wildman–Crippen LogP) is 5.20. The Morgan fingerprint density at radius 2 is 1.62 bits per heavy atom. The van der Waals surface area contributed by atoms with Gasteiger partial charge in [0.05, 0.1) is 0 Å². The molecule has 1 aliphatic heterocycles. The number of anilines is 5. The summed E-state index contributed by atoms with van der Waals surface area (Å²) in [5, 5.41) is 9.93. The molecule has 0 spiro atoms. The monoisotopic (exact) mass is 499 g/mol. The lowest BCUT2D eigenvalue weighted by Crippen LogP contribution is -2.44. The summed E-state index contributed by atoms with van der Waals surface area (Å²) >= 11 is 0. The van der Waals surface area contributed by atoms with Crippen molar-refractivity contribution in [1.82, 2.24) is 14.9 Å². The Labute approximate surface area is 219 Å². The van der Waals surface area contributed by atoms with Crippen molar-refractivity contribution in [3.63, 3.8) is 0 Å². The molecule has 3 aromatic rings. The summed E-state index contributed by atoms with van der Waals surface area (Å²) in [6.45, 7) is 8.22. The number of carbonyl (C=O) groups excluding carboxylic acids is 1. The summed E-state index contributed by atoms with van der Waals surface area (Å²) in [7, 11) is 2.17. The van der Waals surface area contributed by atoms with Gasteiger partial charge in [-0.15, -0.1) is 0 Å². The average molecular weight is 500 g/mol. The van der Waals surface area contributed by atoms with Crippen molar-refractivity contribution in [3.8, 4) is 0 Å². The van der Waals surface area contributed by atoms with Crippen molar-refractivity contribution in [3.05, 3.63) is 65.4 Å². The quantitative estimate of drug-likeness (QED) is 0.412. The molecule has 2 aromatic carbocycles. The van der Waals surface area contributed by atoms with E-state index in [1.54, 1.807) is 6.20 Å². The van der Waals surface area contributed by atoms with Crippen LogP contribution in [0.15, 0.2) is 48.7 Å². The van der Waals surface area contributed by atoms with Gasteiger partial charge in [0.1, 0.15) is 11.4 Å². The third-order valence-corrected chi connectivity index (χ3v) is 7.44. The lowest BCUT2D eigenvalue weighted by Gasteiger charge is -2.34. The third-order valence-electron chi connectivity index (χ3n) is 7.44. The molecule has 8 heteroatoms. The highest BCUT2D eigenvalue weighted by atomic mass is 16.1. The molecule has 1 amide bonds. The molecule has 8 nitrogen and oxygen atoms in total. The highest BCUT2D eigenvalue weighted by Crippen LogP contribution is 2.27. The number of nitrogens with zero attached hydrogens (tertiary/aromatic N) is 4. The second-order valence-electron chi connectivity index (χ2n) is 10.3. The van der Waals surface area contributed by atoms with Crippen LogP contribution in [0.2, 0.25) is 0 Å². The summed E-state index contributed by atoms with van der Waals surface area (Å²) in [5.74, 6) is 0.833. The fourth-order valence-corrected chi connectivity index (χ4v) is 5.12. The third kappa shape index (κ3) is 6.02. The van der Waals surface area contributed by atoms with Gasteiger partial charge in [-0.05, 0) is 69.1 Å². The topological polar surface area (TPSA) is 85.4 Å². The lowest BCUT2D eigenvalue weighted by molar-refractivity contribution is 0.102. The summed E-state index contributed by atoms with van der Waals surface area (Å²) in [5.41, 5.74) is 5.47. The summed E-state index contributed by atoms with van der Waals surface area (Å²) in [6.07, 6.45) is 6.17. The van der Waals surface area contributed by atoms with Crippen LogP contribution in [0.1, 0.15) is 47.2 Å². The number of amides is 1. The number of benzene rings is 2. The maximum atomic E-state index is 13.3. The number of rotatable bonds is 7. The largest absolute Gasteiger partial charge is 0.369 e. The van der Waals surface area contributed by atoms with Crippen LogP contribution in [0.4, 0.5) is 28.8 Å². The van der Waals surface area contributed by atoms with E-state index in [9.17, 15) is 4.79 Å². The van der Waals surface area contributed by atoms with Gasteiger partial charge in [0, 0.05) is 55.5 Å². The van der Waals surface area contributed by atoms with E-state index in [2.05, 4.69) is 62.0 Å². The van der Waals surface area contributed by atoms with Gasteiger partial charge in [-0.3, -0.25) is 4.79 Å². The van der Waals surface area contributed by atoms with E-state index in [1.807, 2.05) is 32.0 Å². The van der Waals surface area contributed by atoms with Crippen molar-refractivity contribution in [2.45, 2.75) is 45.6 Å². The van der Waals surface area contributed by atoms with Gasteiger partial charge >= 0.3 is 0 Å². The molecule has 0 unspecified atom stereocenters. The molecule has 194 valence electrons. The van der Waals surface area contributed by atoms with E-state index < -0.39 is 0 Å². The summed E-state index contributed by atoms with van der Waals surface area (Å²) < 4.78 is 0. The Morgan fingerprint density at radius 3 is 2.30 bits per heavy atom. The number of likely N-dealkylation sites (N-methyl/N-ethyl adjacent to an activating group) is 1. The van der Waals surface area contributed by atoms with Crippen molar-refractivity contribution >= 4 is 34.7 Å². The minimum Gasteiger partial charge on any atom is -0.369 e. The van der Waals surface area contributed by atoms with Gasteiger partial charge < -0.3 is 25.8 Å². The van der Waals surface area contributed by atoms with Gasteiger partial charge in [-0.1, -0.05) is 31.0 Å². The van der Waals surface area contributed by atoms with E-state index in [-0.39, 0.29) is 5.91 Å². The molecular weight excluding hydrogens is 462 g/mol. The number of hydrogen-bond acceptors (Lipinski definition) is 7. The first-order valence-electron chi connectivity index (χ1n) is 13.3. The number of aryl methyl sites for hydroxylation is 2. The SMILES string of the molecule is Cc1cccc(C)c1NC(=O)c1cnc(Nc2ccc(N3CCN(C)CC3)cc2)nc1NC1CCCC1. The zero-order valence-corrected chi connectivity index (χ0v) is 22.1. The zero-order valence-electron chi connectivity index (χ0n) is 22.1. The normalized spacial score (nSPS) is 16.6. The van der Waals surface area contributed by atoms with E-state index in [0.29, 0.717) is 23.4 Å². The molecule has 1 aromatic heterocycles. The zero-order chi connectivity index (χ0) is 25.8. The standard InChI is InChI=1S/C29H37N7O/c1-20-7-6-8-21(2)26(20)33-28(37)25-19-30-29(34-27(25)31-22-9-4-5-10-22)32-23-11-13-24(14-12-23)36-17-15-35(3)16-18-36/h6-8,11-14,19,22H,4-5,9-10,15-18H2,1-3H3,(H,33,37)(H2,30,31,32,34). The van der Waals surface area contributed by atoms with Crippen molar-refractivity contribution in [2.75, 3.05) is 54.1 Å². The molecule has 1 saturated heterocycles. The van der Waals surface area contributed by atoms with Gasteiger partial charge in [-0.2, -0.15) is 4.98 Å². The molecule has 0 atom stereocenters. The number of carbonyl (C=O) groups is 1. The van der Waals surface area contributed by atoms with Crippen LogP contribution in [-0.4, -0.2) is 60.0 Å². The first-order chi connectivity index (χ1) is 18.0. The van der Waals surface area contributed by atoms with Crippen molar-refractivity contribution in [1.29, 1.82) is 0 Å². The number of para-hydroxylation sites is 1. The highest BCUT2D eigenvalue weighted by molar-refractivity contribution is 6.08. The minimum atomic E-state index is -0.207. The Morgan fingerprint density at radius 1 is 0.946 bits per heavy atom. The maximum absolute atomic E-state index is 13.3. The molecule has 2 heterocycles. The molecule has 2 aliphatic rings. The van der Waals surface area contributed by atoms with Crippen LogP contribution in [0.3, 0.4) is 0 Å². The molecular formula is C29H37N7O. The lowest BCUT2D eigenvalue weighted by atomic mass is 10.1. The Hall–Kier alpha value is -3.65. The second-order valence-corrected chi connectivity index (χ2v) is 10.3. The van der Waals surface area contributed by atoms with Crippen molar-refractivity contribution < 1.29 is 4.79 Å². The molecule has 2 fully saturated rings. The Bertz CT molecular complexity index is 1210. The smallest absolute Gasteiger partial charge is 0.261 e. The van der Waals surface area contributed by atoms with Gasteiger partial charge in [-0.25, -0.2) is 4.98 Å². The molecule has 1 saturated carbocycles. The van der Waals surface area contributed by atoms with Crippen LogP contribution in [-0.2, 0) is 0 Å². The second kappa shape index (κ2) is 11.2. The van der Waals surface area contributed by atoms with E-state index in [0.717, 1.165) is 61.5 Å². The highest BCUT2D eigenvalue weighted by Gasteiger charge is 2.22. The van der Waals surface area contributed by atoms with Gasteiger partial charge in [0.25, 0.3) is 5.91 Å². The molecule has 37 heavy (non-hydrogen) atoms. The predicted molar refractivity (Wildman–Crippen MR) is 151 cm³/mol. The maximum Gasteiger partial charge on any atom is 0.261 e. The summed E-state index contributed by atoms with van der Waals surface area (Å²) in [6, 6.07) is 14.7. The van der Waals surface area contributed by atoms with Crippen LogP contribution < -0.4 is 20.9 Å². The van der Waals surface area contributed by atoms with Crippen molar-refractivity contribution in [2.24, 2.45) is 0 Å². The number of hydrogen-bond donors (Lipinski definition) is 3. The van der Waals surface area contributed by atoms with E-state index in [4.69, 9.17) is 4.98 Å². The van der Waals surface area contributed by atoms with Crippen LogP contribution in [0, 0.1) is 13.8 Å². The molecule has 1 aliphatic carbocycles. The van der Waals surface area contributed by atoms with Gasteiger partial charge in [0.2, 0.25) is 5.95 Å². The Kier molecular flexibility index (Phi) is 7.55. The molecule has 0 bridgehead atoms. The first kappa shape index (κ1) is 25.0. The number of piperazine rings is 1. The molecule has 5 rings (SSSR count). The first-order valence-corrected chi connectivity index (χ1v) is 13.3. The average Bonchev–Trinajstić information content (AvgIpc) is 3.40. The van der Waals surface area contributed by atoms with Crippen LogP contribution in [0.5, 0.6) is 0 Å². The molecule has 0 radical (unpaired) electrons. The van der Waals surface area contributed by atoms with Crippen LogP contribution >= 0.6 is 0 Å². The summed E-state index contributed by atoms with van der Waals surface area (Å²) in [4.78, 5) is 27.3. The fourth-order valence-electron chi connectivity index (χ4n) is 5.12. The van der Waals surface area contributed by atoms with E-state index in [1.165, 1.54) is 18.5 Å². The Balaban J connectivity index is 1.34. The number of nitrogens with one attached hydrogen (secondary N) is 3. The number of aromatic nitrogens is 2. The molecule has 3 N–H and O–H groups in total. The van der Waals surface area contributed by atoms with Gasteiger partial charge in [0.15, 0.2) is 0 Å². The fraction of sp³-hybridized carbons (Fsp3) is 0.414. The van der Waals surface area contributed by atoms with E-state index >= 15 is 0 Å².